The molecule has 0 aromatic heterocycles. The van der Waals surface area contributed by atoms with Gasteiger partial charge in [-0.1, -0.05) is 32.0 Å². The van der Waals surface area contributed by atoms with Gasteiger partial charge in [-0.25, -0.2) is 4.79 Å². The number of urea groups is 1. The molecule has 2 aliphatic rings. The van der Waals surface area contributed by atoms with Crippen molar-refractivity contribution in [1.29, 1.82) is 0 Å². The summed E-state index contributed by atoms with van der Waals surface area (Å²) in [6, 6.07) is 11.8. The first kappa shape index (κ1) is 21.7. The van der Waals surface area contributed by atoms with Crippen LogP contribution in [0.5, 0.6) is 0 Å². The highest BCUT2D eigenvalue weighted by atomic mass is 16.2. The van der Waals surface area contributed by atoms with Crippen LogP contribution in [0.4, 0.5) is 10.5 Å². The van der Waals surface area contributed by atoms with Gasteiger partial charge in [0.1, 0.15) is 5.54 Å². The Morgan fingerprint density at radius 3 is 2.44 bits per heavy atom. The molecule has 0 radical (unpaired) electrons. The van der Waals surface area contributed by atoms with Crippen LogP contribution in [0.15, 0.2) is 42.5 Å². The number of carbonyl (C=O) groups excluding carboxylic acids is 4. The minimum absolute atomic E-state index is 0.116. The molecular formula is C25H27N3O4. The minimum Gasteiger partial charge on any atom is -0.326 e. The molecule has 1 saturated heterocycles. The number of anilines is 1. The predicted octanol–water partition coefficient (Wildman–Crippen LogP) is 3.42. The van der Waals surface area contributed by atoms with Gasteiger partial charge < -0.3 is 10.6 Å². The van der Waals surface area contributed by atoms with Gasteiger partial charge in [0, 0.05) is 17.2 Å². The molecule has 1 fully saturated rings. The molecule has 0 unspecified atom stereocenters. The lowest BCUT2D eigenvalue weighted by atomic mass is 9.89. The fourth-order valence-corrected chi connectivity index (χ4v) is 4.18. The topological polar surface area (TPSA) is 95.6 Å². The SMILES string of the molecule is CC(C)C(=O)Nc1ccc(C(=O)CN2C(=O)N[C@](C)(c3ccc4c(c3)CCC4)C2=O)cc1. The Morgan fingerprint density at radius 1 is 1.06 bits per heavy atom. The molecule has 166 valence electrons. The van der Waals surface area contributed by atoms with E-state index in [-0.39, 0.29) is 24.2 Å². The van der Waals surface area contributed by atoms with E-state index in [9.17, 15) is 19.2 Å². The van der Waals surface area contributed by atoms with E-state index in [2.05, 4.69) is 10.6 Å². The van der Waals surface area contributed by atoms with Crippen molar-refractivity contribution in [2.24, 2.45) is 5.92 Å². The van der Waals surface area contributed by atoms with Gasteiger partial charge in [0.05, 0.1) is 6.54 Å². The Bertz CT molecular complexity index is 1110. The number of fused-ring (bicyclic) bond motifs is 1. The second-order valence-corrected chi connectivity index (χ2v) is 8.93. The van der Waals surface area contributed by atoms with Gasteiger partial charge in [0.15, 0.2) is 5.78 Å². The van der Waals surface area contributed by atoms with Gasteiger partial charge in [0.2, 0.25) is 5.91 Å². The number of aryl methyl sites for hydroxylation is 2. The molecule has 7 nitrogen and oxygen atoms in total. The maximum absolute atomic E-state index is 13.2. The smallest absolute Gasteiger partial charge is 0.325 e. The van der Waals surface area contributed by atoms with Crippen molar-refractivity contribution in [2.45, 2.75) is 45.6 Å². The maximum atomic E-state index is 13.2. The summed E-state index contributed by atoms with van der Waals surface area (Å²) in [6.45, 7) is 4.92. The lowest BCUT2D eigenvalue weighted by molar-refractivity contribution is -0.130. The summed E-state index contributed by atoms with van der Waals surface area (Å²) in [4.78, 5) is 51.4. The third kappa shape index (κ3) is 3.90. The van der Waals surface area contributed by atoms with Crippen LogP contribution in [-0.4, -0.2) is 35.1 Å². The number of nitrogens with one attached hydrogen (secondary N) is 2. The van der Waals surface area contributed by atoms with Crippen LogP contribution in [-0.2, 0) is 28.0 Å². The third-order valence-corrected chi connectivity index (χ3v) is 6.25. The lowest BCUT2D eigenvalue weighted by Gasteiger charge is -2.23. The second-order valence-electron chi connectivity index (χ2n) is 8.93. The molecule has 2 aromatic rings. The molecule has 4 rings (SSSR count). The Hall–Kier alpha value is -3.48. The first-order valence-electron chi connectivity index (χ1n) is 10.9. The van der Waals surface area contributed by atoms with Gasteiger partial charge in [-0.05, 0) is 67.1 Å². The fourth-order valence-electron chi connectivity index (χ4n) is 4.18. The normalized spacial score (nSPS) is 19.8. The highest BCUT2D eigenvalue weighted by Crippen LogP contribution is 2.32. The van der Waals surface area contributed by atoms with Crippen molar-refractivity contribution in [1.82, 2.24) is 10.2 Å². The molecule has 0 bridgehead atoms. The number of imide groups is 1. The van der Waals surface area contributed by atoms with Crippen LogP contribution in [0.3, 0.4) is 0 Å². The first-order valence-corrected chi connectivity index (χ1v) is 10.9. The summed E-state index contributed by atoms with van der Waals surface area (Å²) >= 11 is 0. The number of hydrogen-bond acceptors (Lipinski definition) is 4. The molecule has 2 aromatic carbocycles. The number of amides is 4. The number of Topliss-reactive ketones (excluding diaryl/α,β-unsaturated/α-hetero) is 1. The number of ketones is 1. The monoisotopic (exact) mass is 433 g/mol. The summed E-state index contributed by atoms with van der Waals surface area (Å²) < 4.78 is 0. The van der Waals surface area contributed by atoms with Crippen molar-refractivity contribution >= 4 is 29.3 Å². The van der Waals surface area contributed by atoms with E-state index in [1.807, 2.05) is 18.2 Å². The van der Waals surface area contributed by atoms with Crippen LogP contribution in [0.25, 0.3) is 0 Å². The molecule has 0 saturated carbocycles. The summed E-state index contributed by atoms with van der Waals surface area (Å²) in [5.41, 5.74) is 2.98. The standard InChI is InChI=1S/C25H27N3O4/c1-15(2)22(30)26-20-11-8-17(9-12-20)21(29)14-28-23(31)25(3,27-24(28)32)19-10-7-16-5-4-6-18(16)13-19/h7-13,15H,4-6,14H2,1-3H3,(H,26,30)(H,27,32)/t25-/m1/s1. The molecular weight excluding hydrogens is 406 g/mol. The van der Waals surface area contributed by atoms with Crippen LogP contribution < -0.4 is 10.6 Å². The van der Waals surface area contributed by atoms with Gasteiger partial charge in [0.25, 0.3) is 5.91 Å². The Morgan fingerprint density at radius 2 is 1.75 bits per heavy atom. The summed E-state index contributed by atoms with van der Waals surface area (Å²) in [6.07, 6.45) is 3.10. The van der Waals surface area contributed by atoms with Crippen LogP contribution in [0, 0.1) is 5.92 Å². The average Bonchev–Trinajstić information content (AvgIpc) is 3.32. The number of hydrogen-bond donors (Lipinski definition) is 2. The lowest BCUT2D eigenvalue weighted by Crippen LogP contribution is -2.41. The van der Waals surface area contributed by atoms with E-state index in [1.54, 1.807) is 45.0 Å². The maximum Gasteiger partial charge on any atom is 0.325 e. The molecule has 1 atom stereocenters. The number of rotatable bonds is 6. The van der Waals surface area contributed by atoms with Crippen molar-refractivity contribution in [3.05, 3.63) is 64.7 Å². The van der Waals surface area contributed by atoms with Gasteiger partial charge in [-0.2, -0.15) is 0 Å². The van der Waals surface area contributed by atoms with E-state index in [4.69, 9.17) is 0 Å². The molecule has 2 N–H and O–H groups in total. The zero-order valence-corrected chi connectivity index (χ0v) is 18.5. The van der Waals surface area contributed by atoms with Crippen LogP contribution in [0.2, 0.25) is 0 Å². The molecule has 32 heavy (non-hydrogen) atoms. The third-order valence-electron chi connectivity index (χ3n) is 6.25. The molecule has 1 aliphatic carbocycles. The van der Waals surface area contributed by atoms with Crippen molar-refractivity contribution in [3.8, 4) is 0 Å². The highest BCUT2D eigenvalue weighted by Gasteiger charge is 2.49. The Labute approximate surface area is 187 Å². The largest absolute Gasteiger partial charge is 0.326 e. The van der Waals surface area contributed by atoms with E-state index < -0.39 is 17.5 Å². The van der Waals surface area contributed by atoms with Crippen LogP contribution in [0.1, 0.15) is 54.2 Å². The average molecular weight is 434 g/mol. The Kier molecular flexibility index (Phi) is 5.59. The van der Waals surface area contributed by atoms with Crippen LogP contribution >= 0.6 is 0 Å². The van der Waals surface area contributed by atoms with E-state index in [1.165, 1.54) is 11.1 Å². The van der Waals surface area contributed by atoms with Crippen molar-refractivity contribution in [2.75, 3.05) is 11.9 Å². The van der Waals surface area contributed by atoms with Crippen molar-refractivity contribution in [3.63, 3.8) is 0 Å². The number of nitrogens with zero attached hydrogens (tertiary/aromatic N) is 1. The minimum atomic E-state index is -1.19. The van der Waals surface area contributed by atoms with E-state index in [0.717, 1.165) is 29.7 Å². The van der Waals surface area contributed by atoms with Crippen molar-refractivity contribution < 1.29 is 19.2 Å². The summed E-state index contributed by atoms with van der Waals surface area (Å²) in [7, 11) is 0. The second kappa shape index (κ2) is 8.22. The molecule has 4 amide bonds. The highest BCUT2D eigenvalue weighted by molar-refractivity contribution is 6.11. The van der Waals surface area contributed by atoms with E-state index in [0.29, 0.717) is 11.3 Å². The summed E-state index contributed by atoms with van der Waals surface area (Å²) in [5.74, 6) is -1.06. The Balaban J connectivity index is 1.47. The molecule has 0 spiro atoms. The predicted molar refractivity (Wildman–Crippen MR) is 120 cm³/mol. The van der Waals surface area contributed by atoms with Gasteiger partial charge in [-0.15, -0.1) is 0 Å². The number of carbonyl (C=O) groups is 4. The zero-order chi connectivity index (χ0) is 23.0. The number of benzene rings is 2. The zero-order valence-electron chi connectivity index (χ0n) is 18.5. The molecule has 1 heterocycles. The van der Waals surface area contributed by atoms with Gasteiger partial charge >= 0.3 is 6.03 Å². The quantitative estimate of drug-likeness (QED) is 0.539. The molecule has 1 aliphatic heterocycles. The first-order chi connectivity index (χ1) is 15.2. The summed E-state index contributed by atoms with van der Waals surface area (Å²) in [5, 5.41) is 5.54. The van der Waals surface area contributed by atoms with E-state index >= 15 is 0 Å². The molecule has 7 heteroatoms. The van der Waals surface area contributed by atoms with Gasteiger partial charge in [-0.3, -0.25) is 19.3 Å². The fraction of sp³-hybridized carbons (Fsp3) is 0.360.